The van der Waals surface area contributed by atoms with Gasteiger partial charge < -0.3 is 15.2 Å². The summed E-state index contributed by atoms with van der Waals surface area (Å²) in [4.78, 5) is 22.5. The summed E-state index contributed by atoms with van der Waals surface area (Å²) in [6.45, 7) is 4.45. The van der Waals surface area contributed by atoms with E-state index in [4.69, 9.17) is 0 Å². The van der Waals surface area contributed by atoms with Crippen molar-refractivity contribution in [3.8, 4) is 0 Å². The van der Waals surface area contributed by atoms with Crippen LogP contribution in [-0.4, -0.2) is 46.2 Å². The number of aryl methyl sites for hydroxylation is 1. The Balaban J connectivity index is 1.36. The Hall–Kier alpha value is -2.31. The highest BCUT2D eigenvalue weighted by atomic mass is 32.2. The van der Waals surface area contributed by atoms with Crippen LogP contribution >= 0.6 is 11.8 Å². The molecule has 140 valence electrons. The van der Waals surface area contributed by atoms with Gasteiger partial charge in [-0.3, -0.25) is 4.79 Å². The second kappa shape index (κ2) is 8.15. The van der Waals surface area contributed by atoms with Crippen LogP contribution in [0.5, 0.6) is 0 Å². The number of carbonyl (C=O) groups excluding carboxylic acids is 1. The monoisotopic (exact) mass is 380 g/mol. The van der Waals surface area contributed by atoms with Gasteiger partial charge in [0.2, 0.25) is 5.91 Å². The molecule has 1 fully saturated rings. The highest BCUT2D eigenvalue weighted by molar-refractivity contribution is 7.99. The molecular weight excluding hydrogens is 356 g/mol. The number of benzene rings is 2. The third-order valence-electron chi connectivity index (χ3n) is 5.02. The molecule has 2 heterocycles. The van der Waals surface area contributed by atoms with Crippen molar-refractivity contribution in [2.75, 3.05) is 25.4 Å². The lowest BCUT2D eigenvalue weighted by molar-refractivity contribution is -0.129. The highest BCUT2D eigenvalue weighted by Crippen LogP contribution is 2.22. The first-order chi connectivity index (χ1) is 13.2. The Morgan fingerprint density at radius 3 is 2.81 bits per heavy atom. The summed E-state index contributed by atoms with van der Waals surface area (Å²) in [6.07, 6.45) is 1.04. The Kier molecular flexibility index (Phi) is 5.45. The van der Waals surface area contributed by atoms with E-state index >= 15 is 0 Å². The number of nitrogens with zero attached hydrogens (tertiary/aromatic N) is 2. The van der Waals surface area contributed by atoms with Crippen molar-refractivity contribution < 1.29 is 4.79 Å². The maximum Gasteiger partial charge on any atom is 0.233 e. The summed E-state index contributed by atoms with van der Waals surface area (Å²) in [5, 5.41) is 4.33. The van der Waals surface area contributed by atoms with E-state index in [1.54, 1.807) is 0 Å². The quantitative estimate of drug-likeness (QED) is 0.666. The number of imidazole rings is 1. The first-order valence-electron chi connectivity index (χ1n) is 9.40. The maximum atomic E-state index is 12.7. The third kappa shape index (κ3) is 4.17. The third-order valence-corrected chi connectivity index (χ3v) is 5.88. The fraction of sp³-hybridized carbons (Fsp3) is 0.333. The molecule has 1 aromatic heterocycles. The van der Waals surface area contributed by atoms with Gasteiger partial charge in [0.15, 0.2) is 5.16 Å². The van der Waals surface area contributed by atoms with Gasteiger partial charge in [-0.2, -0.15) is 0 Å². The van der Waals surface area contributed by atoms with Crippen molar-refractivity contribution >= 4 is 28.7 Å². The number of aromatic amines is 1. The van der Waals surface area contributed by atoms with Gasteiger partial charge in [-0.15, -0.1) is 0 Å². The standard InChI is InChI=1S/C21H24N4OS/c1-2-15-7-9-16(10-8-15)19-13-25(12-11-22-19)20(26)14-27-21-23-17-5-3-4-6-18(17)24-21/h3-10,19,22H,2,11-14H2,1H3,(H,23,24). The van der Waals surface area contributed by atoms with E-state index in [-0.39, 0.29) is 11.9 Å². The summed E-state index contributed by atoms with van der Waals surface area (Å²) < 4.78 is 0. The Labute approximate surface area is 163 Å². The first kappa shape index (κ1) is 18.1. The van der Waals surface area contributed by atoms with Crippen LogP contribution in [0.4, 0.5) is 0 Å². The molecule has 1 saturated heterocycles. The van der Waals surface area contributed by atoms with E-state index in [0.717, 1.165) is 35.7 Å². The molecule has 3 aromatic rings. The number of aromatic nitrogens is 2. The number of hydrogen-bond acceptors (Lipinski definition) is 4. The van der Waals surface area contributed by atoms with Crippen molar-refractivity contribution in [2.45, 2.75) is 24.5 Å². The molecule has 27 heavy (non-hydrogen) atoms. The molecule has 1 unspecified atom stereocenters. The number of hydrogen-bond donors (Lipinski definition) is 2. The van der Waals surface area contributed by atoms with Gasteiger partial charge in [0.05, 0.1) is 16.8 Å². The molecule has 4 rings (SSSR count). The molecule has 5 nitrogen and oxygen atoms in total. The maximum absolute atomic E-state index is 12.7. The molecule has 0 radical (unpaired) electrons. The molecule has 1 amide bonds. The summed E-state index contributed by atoms with van der Waals surface area (Å²) in [6, 6.07) is 16.8. The predicted molar refractivity (Wildman–Crippen MR) is 110 cm³/mol. The molecule has 1 atom stereocenters. The number of piperazine rings is 1. The minimum absolute atomic E-state index is 0.164. The predicted octanol–water partition coefficient (Wildman–Crippen LogP) is 3.39. The van der Waals surface area contributed by atoms with Gasteiger partial charge in [-0.05, 0) is 29.7 Å². The number of rotatable bonds is 5. The van der Waals surface area contributed by atoms with Crippen molar-refractivity contribution in [3.05, 3.63) is 59.7 Å². The lowest BCUT2D eigenvalue weighted by Gasteiger charge is -2.34. The molecule has 6 heteroatoms. The SMILES string of the molecule is CCc1ccc(C2CN(C(=O)CSc3nc4ccccc4[nH]3)CCN2)cc1. The van der Waals surface area contributed by atoms with Crippen LogP contribution in [0.3, 0.4) is 0 Å². The van der Waals surface area contributed by atoms with E-state index in [0.29, 0.717) is 12.3 Å². The van der Waals surface area contributed by atoms with Crippen molar-refractivity contribution in [2.24, 2.45) is 0 Å². The summed E-state index contributed by atoms with van der Waals surface area (Å²) in [7, 11) is 0. The Morgan fingerprint density at radius 1 is 1.22 bits per heavy atom. The molecule has 0 spiro atoms. The molecule has 1 aliphatic heterocycles. The van der Waals surface area contributed by atoms with Gasteiger partial charge in [-0.25, -0.2) is 4.98 Å². The van der Waals surface area contributed by atoms with Crippen LogP contribution in [0, 0.1) is 0 Å². The second-order valence-corrected chi connectivity index (χ2v) is 7.75. The fourth-order valence-corrected chi connectivity index (χ4v) is 4.19. The molecule has 2 aromatic carbocycles. The zero-order valence-electron chi connectivity index (χ0n) is 15.4. The molecule has 2 N–H and O–H groups in total. The van der Waals surface area contributed by atoms with Crippen LogP contribution in [0.2, 0.25) is 0 Å². The lowest BCUT2D eigenvalue weighted by atomic mass is 10.0. The minimum Gasteiger partial charge on any atom is -0.339 e. The average molecular weight is 381 g/mol. The molecule has 0 bridgehead atoms. The minimum atomic E-state index is 0.164. The Bertz CT molecular complexity index is 888. The molecule has 0 saturated carbocycles. The first-order valence-corrected chi connectivity index (χ1v) is 10.4. The topological polar surface area (TPSA) is 61.0 Å². The zero-order valence-corrected chi connectivity index (χ0v) is 16.3. The second-order valence-electron chi connectivity index (χ2n) is 6.79. The fourth-order valence-electron chi connectivity index (χ4n) is 3.40. The zero-order chi connectivity index (χ0) is 18.6. The lowest BCUT2D eigenvalue weighted by Crippen LogP contribution is -2.48. The number of fused-ring (bicyclic) bond motifs is 1. The average Bonchev–Trinajstić information content (AvgIpc) is 3.15. The number of amides is 1. The number of thioether (sulfide) groups is 1. The van der Waals surface area contributed by atoms with E-state index in [1.807, 2.05) is 29.2 Å². The van der Waals surface area contributed by atoms with Crippen LogP contribution in [-0.2, 0) is 11.2 Å². The van der Waals surface area contributed by atoms with Crippen molar-refractivity contribution in [1.29, 1.82) is 0 Å². The van der Waals surface area contributed by atoms with Gasteiger partial charge in [0.25, 0.3) is 0 Å². The van der Waals surface area contributed by atoms with Gasteiger partial charge >= 0.3 is 0 Å². The van der Waals surface area contributed by atoms with Gasteiger partial charge in [-0.1, -0.05) is 55.1 Å². The van der Waals surface area contributed by atoms with Crippen LogP contribution in [0.15, 0.2) is 53.7 Å². The number of nitrogens with one attached hydrogen (secondary N) is 2. The van der Waals surface area contributed by atoms with Crippen molar-refractivity contribution in [3.63, 3.8) is 0 Å². The van der Waals surface area contributed by atoms with E-state index in [2.05, 4.69) is 46.5 Å². The van der Waals surface area contributed by atoms with Crippen molar-refractivity contribution in [1.82, 2.24) is 20.2 Å². The van der Waals surface area contributed by atoms with Gasteiger partial charge in [0.1, 0.15) is 0 Å². The molecule has 0 aliphatic carbocycles. The summed E-state index contributed by atoms with van der Waals surface area (Å²) >= 11 is 1.47. The van der Waals surface area contributed by atoms with Crippen LogP contribution in [0.1, 0.15) is 24.1 Å². The number of carbonyl (C=O) groups is 1. The summed E-state index contributed by atoms with van der Waals surface area (Å²) in [5.41, 5.74) is 4.52. The highest BCUT2D eigenvalue weighted by Gasteiger charge is 2.24. The normalized spacial score (nSPS) is 17.4. The van der Waals surface area contributed by atoms with Crippen LogP contribution < -0.4 is 5.32 Å². The van der Waals surface area contributed by atoms with E-state index < -0.39 is 0 Å². The summed E-state index contributed by atoms with van der Waals surface area (Å²) in [5.74, 6) is 0.568. The van der Waals surface area contributed by atoms with E-state index in [1.165, 1.54) is 22.9 Å². The van der Waals surface area contributed by atoms with Gasteiger partial charge in [0, 0.05) is 25.7 Å². The number of para-hydroxylation sites is 2. The molecular formula is C21H24N4OS. The molecule has 1 aliphatic rings. The largest absolute Gasteiger partial charge is 0.339 e. The number of H-pyrrole nitrogens is 1. The van der Waals surface area contributed by atoms with Crippen LogP contribution in [0.25, 0.3) is 11.0 Å². The van der Waals surface area contributed by atoms with E-state index in [9.17, 15) is 4.79 Å². The Morgan fingerprint density at radius 2 is 2.04 bits per heavy atom. The smallest absolute Gasteiger partial charge is 0.233 e.